The number of methoxy groups -OCH3 is 1. The van der Waals surface area contributed by atoms with Gasteiger partial charge in [-0.1, -0.05) is 29.8 Å². The SMILES string of the molecule is COc1ccc(CNc2cnc(C(=O)c3c(Cl)ccc(C(NC(=O)OC(C)(C)C)C4CC4)c3F)cn2)cc1. The Bertz CT molecular complexity index is 1310. The molecule has 4 rings (SSSR count). The first-order valence-electron chi connectivity index (χ1n) is 12.3. The minimum Gasteiger partial charge on any atom is -0.497 e. The first kappa shape index (κ1) is 27.3. The first-order valence-corrected chi connectivity index (χ1v) is 12.6. The van der Waals surface area contributed by atoms with E-state index in [-0.39, 0.29) is 27.8 Å². The summed E-state index contributed by atoms with van der Waals surface area (Å²) in [4.78, 5) is 34.1. The van der Waals surface area contributed by atoms with Crippen molar-refractivity contribution in [2.75, 3.05) is 12.4 Å². The van der Waals surface area contributed by atoms with Crippen molar-refractivity contribution >= 4 is 29.3 Å². The summed E-state index contributed by atoms with van der Waals surface area (Å²) < 4.78 is 26.3. The Kier molecular flexibility index (Phi) is 8.16. The highest BCUT2D eigenvalue weighted by Gasteiger charge is 2.37. The van der Waals surface area contributed by atoms with E-state index >= 15 is 4.39 Å². The Balaban J connectivity index is 1.50. The van der Waals surface area contributed by atoms with Gasteiger partial charge in [0.1, 0.15) is 28.7 Å². The van der Waals surface area contributed by atoms with Crippen LogP contribution in [0, 0.1) is 11.7 Å². The molecule has 1 unspecified atom stereocenters. The highest BCUT2D eigenvalue weighted by molar-refractivity contribution is 6.35. The second kappa shape index (κ2) is 11.3. The molecular formula is C28H30ClFN4O4. The highest BCUT2D eigenvalue weighted by Crippen LogP contribution is 2.43. The third-order valence-electron chi connectivity index (χ3n) is 5.97. The van der Waals surface area contributed by atoms with Crippen LogP contribution < -0.4 is 15.4 Å². The van der Waals surface area contributed by atoms with Gasteiger partial charge in [-0.2, -0.15) is 0 Å². The molecular weight excluding hydrogens is 511 g/mol. The maximum absolute atomic E-state index is 15.8. The molecule has 1 aromatic heterocycles. The molecule has 1 atom stereocenters. The molecule has 8 nitrogen and oxygen atoms in total. The number of halogens is 2. The molecule has 3 aromatic rings. The normalized spacial score (nSPS) is 13.9. The Morgan fingerprint density at radius 3 is 2.39 bits per heavy atom. The number of nitrogens with one attached hydrogen (secondary N) is 2. The van der Waals surface area contributed by atoms with Crippen LogP contribution in [-0.4, -0.2) is 34.6 Å². The van der Waals surface area contributed by atoms with Gasteiger partial charge in [-0.25, -0.2) is 19.2 Å². The molecule has 10 heteroatoms. The number of nitrogens with zero attached hydrogens (tertiary/aromatic N) is 2. The Morgan fingerprint density at radius 1 is 1.11 bits per heavy atom. The lowest BCUT2D eigenvalue weighted by Gasteiger charge is -2.24. The number of carbonyl (C=O) groups is 2. The molecule has 2 N–H and O–H groups in total. The van der Waals surface area contributed by atoms with Gasteiger partial charge in [0.05, 0.1) is 36.1 Å². The minimum absolute atomic E-state index is 0.0389. The minimum atomic E-state index is -0.793. The molecule has 1 amide bonds. The van der Waals surface area contributed by atoms with E-state index in [2.05, 4.69) is 20.6 Å². The lowest BCUT2D eigenvalue weighted by Crippen LogP contribution is -2.36. The van der Waals surface area contributed by atoms with Gasteiger partial charge >= 0.3 is 6.09 Å². The molecule has 1 saturated carbocycles. The van der Waals surface area contributed by atoms with Crippen molar-refractivity contribution in [3.63, 3.8) is 0 Å². The standard InChI is InChI=1S/C28H30ClFN4O4/c1-28(2,3)38-27(36)34-25(17-7-8-17)19-11-12-20(29)23(24(19)30)26(35)21-14-33-22(15-31-21)32-13-16-5-9-18(37-4)10-6-16/h5-6,9-12,14-15,17,25H,7-8,13H2,1-4H3,(H,32,33)(H,34,36). The van der Waals surface area contributed by atoms with Crippen molar-refractivity contribution in [2.45, 2.75) is 51.8 Å². The number of hydrogen-bond donors (Lipinski definition) is 2. The van der Waals surface area contributed by atoms with E-state index in [0.717, 1.165) is 24.2 Å². The second-order valence-corrected chi connectivity index (χ2v) is 10.5. The van der Waals surface area contributed by atoms with Gasteiger partial charge in [0.2, 0.25) is 5.78 Å². The second-order valence-electron chi connectivity index (χ2n) is 10.1. The number of aromatic nitrogens is 2. The zero-order chi connectivity index (χ0) is 27.4. The number of ether oxygens (including phenoxy) is 2. The van der Waals surface area contributed by atoms with E-state index < -0.39 is 29.3 Å². The Labute approximate surface area is 225 Å². The number of benzene rings is 2. The summed E-state index contributed by atoms with van der Waals surface area (Å²) >= 11 is 6.27. The fraction of sp³-hybridized carbons (Fsp3) is 0.357. The van der Waals surface area contributed by atoms with Crippen LogP contribution in [0.25, 0.3) is 0 Å². The van der Waals surface area contributed by atoms with Crippen molar-refractivity contribution < 1.29 is 23.5 Å². The fourth-order valence-electron chi connectivity index (χ4n) is 3.93. The predicted octanol–water partition coefficient (Wildman–Crippen LogP) is 6.10. The summed E-state index contributed by atoms with van der Waals surface area (Å²) in [5, 5.41) is 5.84. The van der Waals surface area contributed by atoms with Gasteiger partial charge in [-0.15, -0.1) is 0 Å². The van der Waals surface area contributed by atoms with E-state index in [9.17, 15) is 9.59 Å². The van der Waals surface area contributed by atoms with Crippen molar-refractivity contribution in [1.82, 2.24) is 15.3 Å². The summed E-state index contributed by atoms with van der Waals surface area (Å²) in [5.41, 5.74) is 0.113. The predicted molar refractivity (Wildman–Crippen MR) is 142 cm³/mol. The van der Waals surface area contributed by atoms with Crippen LogP contribution in [-0.2, 0) is 11.3 Å². The van der Waals surface area contributed by atoms with Crippen LogP contribution in [0.5, 0.6) is 5.75 Å². The zero-order valence-electron chi connectivity index (χ0n) is 21.7. The number of alkyl carbamates (subject to hydrolysis) is 1. The monoisotopic (exact) mass is 540 g/mol. The van der Waals surface area contributed by atoms with Gasteiger partial charge in [-0.3, -0.25) is 4.79 Å². The van der Waals surface area contributed by atoms with E-state index in [4.69, 9.17) is 21.1 Å². The average molecular weight is 541 g/mol. The number of hydrogen-bond acceptors (Lipinski definition) is 7. The van der Waals surface area contributed by atoms with Crippen LogP contribution >= 0.6 is 11.6 Å². The van der Waals surface area contributed by atoms with Gasteiger partial charge in [-0.05, 0) is 63.3 Å². The van der Waals surface area contributed by atoms with Crippen molar-refractivity contribution in [2.24, 2.45) is 5.92 Å². The molecule has 200 valence electrons. The molecule has 1 heterocycles. The number of amides is 1. The molecule has 2 aromatic carbocycles. The number of anilines is 1. The smallest absolute Gasteiger partial charge is 0.408 e. The summed E-state index contributed by atoms with van der Waals surface area (Å²) in [7, 11) is 1.60. The summed E-state index contributed by atoms with van der Waals surface area (Å²) in [6.45, 7) is 5.74. The number of rotatable bonds is 9. The Morgan fingerprint density at radius 2 is 1.82 bits per heavy atom. The summed E-state index contributed by atoms with van der Waals surface area (Å²) in [6.07, 6.45) is 3.67. The topological polar surface area (TPSA) is 102 Å². The molecule has 0 bridgehead atoms. The third kappa shape index (κ3) is 6.77. The molecule has 0 spiro atoms. The maximum Gasteiger partial charge on any atom is 0.408 e. The van der Waals surface area contributed by atoms with Gasteiger partial charge < -0.3 is 20.1 Å². The van der Waals surface area contributed by atoms with Crippen molar-refractivity contribution in [1.29, 1.82) is 0 Å². The molecule has 38 heavy (non-hydrogen) atoms. The third-order valence-corrected chi connectivity index (χ3v) is 6.28. The quantitative estimate of drug-likeness (QED) is 0.316. The molecule has 1 fully saturated rings. The molecule has 1 aliphatic carbocycles. The van der Waals surface area contributed by atoms with E-state index in [1.807, 2.05) is 24.3 Å². The number of carbonyl (C=O) groups excluding carboxylic acids is 2. The van der Waals surface area contributed by atoms with E-state index in [1.165, 1.54) is 24.5 Å². The number of ketones is 1. The van der Waals surface area contributed by atoms with E-state index in [0.29, 0.717) is 12.4 Å². The molecule has 1 aliphatic rings. The Hall–Kier alpha value is -3.72. The lowest BCUT2D eigenvalue weighted by atomic mass is 9.96. The van der Waals surface area contributed by atoms with Crippen LogP contribution in [0.1, 0.15) is 66.8 Å². The van der Waals surface area contributed by atoms with Gasteiger partial charge in [0, 0.05) is 12.1 Å². The van der Waals surface area contributed by atoms with Crippen molar-refractivity contribution in [3.05, 3.63) is 82.0 Å². The van der Waals surface area contributed by atoms with Crippen molar-refractivity contribution in [3.8, 4) is 5.75 Å². The zero-order valence-corrected chi connectivity index (χ0v) is 22.4. The largest absolute Gasteiger partial charge is 0.497 e. The van der Waals surface area contributed by atoms with Crippen LogP contribution in [0.4, 0.5) is 15.0 Å². The van der Waals surface area contributed by atoms with Gasteiger partial charge in [0.25, 0.3) is 0 Å². The molecule has 0 radical (unpaired) electrons. The van der Waals surface area contributed by atoms with E-state index in [1.54, 1.807) is 27.9 Å². The summed E-state index contributed by atoms with van der Waals surface area (Å²) in [6, 6.07) is 9.85. The first-order chi connectivity index (χ1) is 18.1. The summed E-state index contributed by atoms with van der Waals surface area (Å²) in [5.74, 6) is -0.241. The average Bonchev–Trinajstić information content (AvgIpc) is 3.71. The molecule has 0 saturated heterocycles. The highest BCUT2D eigenvalue weighted by atomic mass is 35.5. The maximum atomic E-state index is 15.8. The van der Waals surface area contributed by atoms with Gasteiger partial charge in [0.15, 0.2) is 0 Å². The van der Waals surface area contributed by atoms with Crippen LogP contribution in [0.3, 0.4) is 0 Å². The van der Waals surface area contributed by atoms with Crippen LogP contribution in [0.2, 0.25) is 5.02 Å². The molecule has 0 aliphatic heterocycles. The fourth-order valence-corrected chi connectivity index (χ4v) is 4.16. The lowest BCUT2D eigenvalue weighted by molar-refractivity contribution is 0.0496. The van der Waals surface area contributed by atoms with Crippen LogP contribution in [0.15, 0.2) is 48.8 Å².